The Hall–Kier alpha value is -1.70. The van der Waals surface area contributed by atoms with E-state index in [1.807, 2.05) is 0 Å². The van der Waals surface area contributed by atoms with Gasteiger partial charge in [-0.15, -0.1) is 11.8 Å². The normalized spacial score (nSPS) is 22.2. The number of carboxylic acid groups (broad SMARTS) is 1. The second-order valence-electron chi connectivity index (χ2n) is 3.66. The summed E-state index contributed by atoms with van der Waals surface area (Å²) < 4.78 is 0. The predicted octanol–water partition coefficient (Wildman–Crippen LogP) is -0.354. The van der Waals surface area contributed by atoms with Crippen molar-refractivity contribution in [3.05, 3.63) is 10.6 Å². The summed E-state index contributed by atoms with van der Waals surface area (Å²) in [7, 11) is 0. The van der Waals surface area contributed by atoms with Gasteiger partial charge in [-0.05, 0) is 6.42 Å². The van der Waals surface area contributed by atoms with E-state index in [2.05, 4.69) is 5.32 Å². The standard InChI is InChI=1S/C9H11N3O4S/c10-9(16)11-2-1-4-7(8(14)15)12-5(13)3-6(12)17-4/h6H,1-3H2,(H,14,15)(H3,10,11,16)/t6-/m1/s1. The van der Waals surface area contributed by atoms with Gasteiger partial charge in [-0.2, -0.15) is 0 Å². The number of amides is 3. The molecule has 0 aromatic carbocycles. The number of nitrogens with one attached hydrogen (secondary N) is 1. The van der Waals surface area contributed by atoms with Crippen molar-refractivity contribution in [3.8, 4) is 0 Å². The lowest BCUT2D eigenvalue weighted by atomic mass is 10.1. The summed E-state index contributed by atoms with van der Waals surface area (Å²) in [5, 5.41) is 11.4. The fourth-order valence-electron chi connectivity index (χ4n) is 1.80. The maximum absolute atomic E-state index is 11.3. The van der Waals surface area contributed by atoms with Crippen LogP contribution >= 0.6 is 11.8 Å². The minimum absolute atomic E-state index is 0.0440. The van der Waals surface area contributed by atoms with Gasteiger partial charge in [0.15, 0.2) is 0 Å². The smallest absolute Gasteiger partial charge is 0.353 e. The van der Waals surface area contributed by atoms with Gasteiger partial charge >= 0.3 is 12.0 Å². The molecule has 8 heteroatoms. The van der Waals surface area contributed by atoms with Gasteiger partial charge in [0.05, 0.1) is 11.8 Å². The SMILES string of the molecule is NC(=O)NCCC1=C(C(=O)O)N2C(=O)C[C@H]2S1. The first-order chi connectivity index (χ1) is 8.00. The Kier molecular flexibility index (Phi) is 2.97. The van der Waals surface area contributed by atoms with E-state index in [-0.39, 0.29) is 23.5 Å². The third-order valence-corrected chi connectivity index (χ3v) is 3.87. The summed E-state index contributed by atoms with van der Waals surface area (Å²) in [6.07, 6.45) is 0.740. The number of rotatable bonds is 4. The van der Waals surface area contributed by atoms with Gasteiger partial charge in [0.25, 0.3) is 0 Å². The molecule has 2 rings (SSSR count). The lowest BCUT2D eigenvalue weighted by Gasteiger charge is -2.33. The first-order valence-corrected chi connectivity index (χ1v) is 5.87. The fraction of sp³-hybridized carbons (Fsp3) is 0.444. The molecule has 2 heterocycles. The van der Waals surface area contributed by atoms with E-state index in [4.69, 9.17) is 10.8 Å². The molecule has 0 saturated carbocycles. The highest BCUT2D eigenvalue weighted by Crippen LogP contribution is 2.47. The molecule has 0 aliphatic carbocycles. The van der Waals surface area contributed by atoms with E-state index in [0.717, 1.165) is 0 Å². The molecule has 0 radical (unpaired) electrons. The molecule has 2 aliphatic heterocycles. The van der Waals surface area contributed by atoms with Crippen molar-refractivity contribution in [2.45, 2.75) is 18.2 Å². The van der Waals surface area contributed by atoms with E-state index < -0.39 is 12.0 Å². The minimum Gasteiger partial charge on any atom is -0.477 e. The summed E-state index contributed by atoms with van der Waals surface area (Å²) in [5.74, 6) is -1.28. The summed E-state index contributed by atoms with van der Waals surface area (Å²) >= 11 is 1.36. The Morgan fingerprint density at radius 1 is 1.59 bits per heavy atom. The van der Waals surface area contributed by atoms with E-state index >= 15 is 0 Å². The largest absolute Gasteiger partial charge is 0.477 e. The average Bonchev–Trinajstić information content (AvgIpc) is 2.50. The molecule has 17 heavy (non-hydrogen) atoms. The number of nitrogens with zero attached hydrogens (tertiary/aromatic N) is 1. The molecule has 0 aromatic heterocycles. The number of nitrogens with two attached hydrogens (primary N) is 1. The van der Waals surface area contributed by atoms with Gasteiger partial charge in [-0.25, -0.2) is 9.59 Å². The Morgan fingerprint density at radius 2 is 2.29 bits per heavy atom. The van der Waals surface area contributed by atoms with E-state index in [9.17, 15) is 14.4 Å². The summed E-state index contributed by atoms with van der Waals surface area (Å²) in [4.78, 5) is 34.7. The molecule has 1 atom stereocenters. The first-order valence-electron chi connectivity index (χ1n) is 4.99. The molecule has 1 saturated heterocycles. The van der Waals surface area contributed by atoms with Crippen LogP contribution in [0.5, 0.6) is 0 Å². The van der Waals surface area contributed by atoms with Crippen LogP contribution in [-0.2, 0) is 9.59 Å². The molecular weight excluding hydrogens is 246 g/mol. The third kappa shape index (κ3) is 2.07. The van der Waals surface area contributed by atoms with Crippen LogP contribution in [0.3, 0.4) is 0 Å². The molecule has 0 unspecified atom stereocenters. The van der Waals surface area contributed by atoms with Crippen LogP contribution in [0.25, 0.3) is 0 Å². The van der Waals surface area contributed by atoms with Crippen molar-refractivity contribution in [1.29, 1.82) is 0 Å². The van der Waals surface area contributed by atoms with Gasteiger partial charge < -0.3 is 16.2 Å². The highest BCUT2D eigenvalue weighted by molar-refractivity contribution is 8.04. The zero-order valence-electron chi connectivity index (χ0n) is 8.80. The molecule has 1 fully saturated rings. The molecule has 2 aliphatic rings. The number of urea groups is 1. The lowest BCUT2D eigenvalue weighted by molar-refractivity contribution is -0.145. The summed E-state index contributed by atoms with van der Waals surface area (Å²) in [6.45, 7) is 0.267. The number of primary amides is 1. The van der Waals surface area contributed by atoms with Crippen LogP contribution < -0.4 is 11.1 Å². The third-order valence-electron chi connectivity index (χ3n) is 2.54. The molecule has 4 N–H and O–H groups in total. The van der Waals surface area contributed by atoms with E-state index in [1.54, 1.807) is 0 Å². The van der Waals surface area contributed by atoms with Gasteiger partial charge in [0.2, 0.25) is 5.91 Å². The Labute approximate surface area is 101 Å². The van der Waals surface area contributed by atoms with Crippen LogP contribution in [-0.4, -0.2) is 39.8 Å². The Morgan fingerprint density at radius 3 is 2.82 bits per heavy atom. The number of thioether (sulfide) groups is 1. The second-order valence-corrected chi connectivity index (χ2v) is 4.93. The van der Waals surface area contributed by atoms with E-state index in [1.165, 1.54) is 16.7 Å². The van der Waals surface area contributed by atoms with Crippen molar-refractivity contribution in [2.24, 2.45) is 5.73 Å². The van der Waals surface area contributed by atoms with Gasteiger partial charge in [-0.3, -0.25) is 9.69 Å². The molecule has 0 aromatic rings. The van der Waals surface area contributed by atoms with E-state index in [0.29, 0.717) is 17.7 Å². The molecule has 0 spiro atoms. The van der Waals surface area contributed by atoms with Crippen molar-refractivity contribution in [2.75, 3.05) is 6.54 Å². The van der Waals surface area contributed by atoms with Crippen LogP contribution in [0.4, 0.5) is 4.79 Å². The molecular formula is C9H11N3O4S. The zero-order chi connectivity index (χ0) is 12.6. The first kappa shape index (κ1) is 11.8. The molecule has 3 amide bonds. The minimum atomic E-state index is -1.11. The monoisotopic (exact) mass is 257 g/mol. The van der Waals surface area contributed by atoms with Crippen LogP contribution in [0.2, 0.25) is 0 Å². The quantitative estimate of drug-likeness (QED) is 0.596. The number of β-lactam (4-membered cyclic amide) rings is 1. The molecule has 0 bridgehead atoms. The summed E-state index contributed by atoms with van der Waals surface area (Å²) in [6, 6.07) is -0.648. The van der Waals surface area contributed by atoms with Crippen molar-refractivity contribution in [3.63, 3.8) is 0 Å². The Balaban J connectivity index is 2.07. The predicted molar refractivity (Wildman–Crippen MR) is 59.7 cm³/mol. The number of carbonyl (C=O) groups excluding carboxylic acids is 2. The van der Waals surface area contributed by atoms with Crippen molar-refractivity contribution < 1.29 is 19.5 Å². The number of carbonyl (C=O) groups is 3. The van der Waals surface area contributed by atoms with Crippen LogP contribution in [0.15, 0.2) is 10.6 Å². The van der Waals surface area contributed by atoms with Crippen molar-refractivity contribution >= 4 is 29.7 Å². The lowest BCUT2D eigenvalue weighted by Crippen LogP contribution is -2.48. The maximum Gasteiger partial charge on any atom is 0.353 e. The average molecular weight is 257 g/mol. The highest BCUT2D eigenvalue weighted by atomic mass is 32.2. The van der Waals surface area contributed by atoms with Gasteiger partial charge in [0, 0.05) is 11.4 Å². The second kappa shape index (κ2) is 4.28. The van der Waals surface area contributed by atoms with Gasteiger partial charge in [-0.1, -0.05) is 0 Å². The number of hydrogen-bond acceptors (Lipinski definition) is 4. The number of fused-ring (bicyclic) bond motifs is 1. The highest BCUT2D eigenvalue weighted by Gasteiger charge is 2.47. The molecule has 7 nitrogen and oxygen atoms in total. The number of aliphatic carboxylic acids is 1. The maximum atomic E-state index is 11.3. The number of hydrogen-bond donors (Lipinski definition) is 3. The molecule has 92 valence electrons. The Bertz CT molecular complexity index is 434. The summed E-state index contributed by atoms with van der Waals surface area (Å²) in [5.41, 5.74) is 4.95. The fourth-order valence-corrected chi connectivity index (χ4v) is 3.20. The topological polar surface area (TPSA) is 113 Å². The van der Waals surface area contributed by atoms with Crippen molar-refractivity contribution in [1.82, 2.24) is 10.2 Å². The van der Waals surface area contributed by atoms with Crippen LogP contribution in [0, 0.1) is 0 Å². The van der Waals surface area contributed by atoms with Crippen LogP contribution in [0.1, 0.15) is 12.8 Å². The zero-order valence-corrected chi connectivity index (χ0v) is 9.62. The number of carboxylic acids is 1. The van der Waals surface area contributed by atoms with Gasteiger partial charge in [0.1, 0.15) is 5.70 Å².